The van der Waals surface area contributed by atoms with Gasteiger partial charge in [-0.2, -0.15) is 8.42 Å². The average molecular weight is 350 g/mol. The number of hydrogen-bond donors (Lipinski definition) is 2. The van der Waals surface area contributed by atoms with Crippen LogP contribution in [0.25, 0.3) is 0 Å². The molecule has 0 fully saturated rings. The number of rotatable bonds is 5. The topological polar surface area (TPSA) is 118 Å². The van der Waals surface area contributed by atoms with Crippen LogP contribution in [0.3, 0.4) is 0 Å². The molecular weight excluding hydrogens is 336 g/mol. The van der Waals surface area contributed by atoms with Crippen molar-refractivity contribution in [2.24, 2.45) is 0 Å². The molecule has 0 unspecified atom stereocenters. The summed E-state index contributed by atoms with van der Waals surface area (Å²) >= 11 is 0. The lowest BCUT2D eigenvalue weighted by Crippen LogP contribution is -2.18. The molecule has 0 aromatic heterocycles. The predicted octanol–water partition coefficient (Wildman–Crippen LogP) is 2.47. The van der Waals surface area contributed by atoms with E-state index in [0.717, 1.165) is 6.07 Å². The Morgan fingerprint density at radius 3 is 1.79 bits per heavy atom. The molecular formula is C16H14O7S. The Hall–Kier alpha value is -2.87. The molecule has 0 heterocycles. The zero-order valence-corrected chi connectivity index (χ0v) is 13.6. The Morgan fingerprint density at radius 1 is 0.917 bits per heavy atom. The van der Waals surface area contributed by atoms with E-state index >= 15 is 0 Å². The highest BCUT2D eigenvalue weighted by atomic mass is 32.2. The molecule has 8 heteroatoms. The zero-order chi connectivity index (χ0) is 18.1. The molecule has 2 aromatic rings. The molecule has 0 bridgehead atoms. The summed E-state index contributed by atoms with van der Waals surface area (Å²) in [5, 5.41) is 18.4. The second kappa shape index (κ2) is 6.32. The van der Waals surface area contributed by atoms with Crippen LogP contribution in [-0.4, -0.2) is 30.6 Å². The monoisotopic (exact) mass is 350 g/mol. The fraction of sp³-hybridized carbons (Fsp3) is 0.125. The third-order valence-corrected chi connectivity index (χ3v) is 4.96. The van der Waals surface area contributed by atoms with Crippen LogP contribution in [0.1, 0.15) is 31.8 Å². The summed E-state index contributed by atoms with van der Waals surface area (Å²) in [7, 11) is -4.41. The Morgan fingerprint density at radius 2 is 1.38 bits per heavy atom. The van der Waals surface area contributed by atoms with Gasteiger partial charge in [-0.25, -0.2) is 9.59 Å². The highest BCUT2D eigenvalue weighted by Gasteiger charge is 2.29. The van der Waals surface area contributed by atoms with E-state index in [1.54, 1.807) is 18.2 Å². The van der Waals surface area contributed by atoms with E-state index in [9.17, 15) is 28.2 Å². The van der Waals surface area contributed by atoms with E-state index in [4.69, 9.17) is 4.18 Å². The molecule has 2 aromatic carbocycles. The maximum absolute atomic E-state index is 12.6. The minimum Gasteiger partial charge on any atom is -0.478 e. The van der Waals surface area contributed by atoms with Crippen molar-refractivity contribution in [3.05, 3.63) is 58.7 Å². The van der Waals surface area contributed by atoms with Crippen LogP contribution in [0.15, 0.2) is 41.3 Å². The highest BCUT2D eigenvalue weighted by Crippen LogP contribution is 2.29. The van der Waals surface area contributed by atoms with Gasteiger partial charge < -0.3 is 14.4 Å². The van der Waals surface area contributed by atoms with Gasteiger partial charge in [-0.1, -0.05) is 18.2 Å². The number of carbonyl (C=O) groups is 2. The lowest BCUT2D eigenvalue weighted by molar-refractivity contribution is 0.0695. The highest BCUT2D eigenvalue weighted by molar-refractivity contribution is 7.87. The summed E-state index contributed by atoms with van der Waals surface area (Å²) < 4.78 is 30.2. The molecule has 0 spiro atoms. The Balaban J connectivity index is 2.72. The minimum atomic E-state index is -4.41. The molecule has 7 nitrogen and oxygen atoms in total. The number of carboxylic acids is 2. The van der Waals surface area contributed by atoms with Crippen LogP contribution in [0.4, 0.5) is 0 Å². The molecule has 126 valence electrons. The number of aromatic carboxylic acids is 2. The molecule has 0 aliphatic heterocycles. The fourth-order valence-electron chi connectivity index (χ4n) is 2.35. The van der Waals surface area contributed by atoms with Crippen LogP contribution in [-0.2, 0) is 10.1 Å². The molecule has 0 aliphatic carbocycles. The van der Waals surface area contributed by atoms with Gasteiger partial charge in [-0.15, -0.1) is 0 Å². The lowest BCUT2D eigenvalue weighted by Gasteiger charge is -2.15. The first-order valence-corrected chi connectivity index (χ1v) is 8.16. The van der Waals surface area contributed by atoms with Gasteiger partial charge in [0.15, 0.2) is 0 Å². The van der Waals surface area contributed by atoms with E-state index in [0.29, 0.717) is 0 Å². The maximum atomic E-state index is 12.6. The summed E-state index contributed by atoms with van der Waals surface area (Å²) in [4.78, 5) is 22.2. The normalized spacial score (nSPS) is 11.1. The molecule has 0 atom stereocenters. The Kier molecular flexibility index (Phi) is 4.61. The van der Waals surface area contributed by atoms with Crippen molar-refractivity contribution in [2.45, 2.75) is 18.7 Å². The maximum Gasteiger partial charge on any atom is 0.339 e. The van der Waals surface area contributed by atoms with Gasteiger partial charge in [-0.05, 0) is 43.2 Å². The lowest BCUT2D eigenvalue weighted by atomic mass is 10.00. The largest absolute Gasteiger partial charge is 0.478 e. The molecule has 0 radical (unpaired) electrons. The molecule has 0 saturated carbocycles. The van der Waals surface area contributed by atoms with Crippen molar-refractivity contribution < 1.29 is 32.4 Å². The summed E-state index contributed by atoms with van der Waals surface area (Å²) in [6, 6.07) is 8.59. The Bertz CT molecular complexity index is 877. The van der Waals surface area contributed by atoms with E-state index in [2.05, 4.69) is 0 Å². The van der Waals surface area contributed by atoms with Crippen molar-refractivity contribution in [2.75, 3.05) is 0 Å². The second-order valence-corrected chi connectivity index (χ2v) is 6.49. The summed E-state index contributed by atoms with van der Waals surface area (Å²) in [6.07, 6.45) is 0. The first-order chi connectivity index (χ1) is 11.1. The third kappa shape index (κ3) is 3.23. The van der Waals surface area contributed by atoms with Gasteiger partial charge in [0.25, 0.3) is 0 Å². The van der Waals surface area contributed by atoms with Gasteiger partial charge in [0.05, 0.1) is 11.1 Å². The predicted molar refractivity (Wildman–Crippen MR) is 84.1 cm³/mol. The van der Waals surface area contributed by atoms with Crippen molar-refractivity contribution in [3.63, 3.8) is 0 Å². The molecule has 0 aliphatic rings. The first kappa shape index (κ1) is 17.5. The number of para-hydroxylation sites is 1. The van der Waals surface area contributed by atoms with Gasteiger partial charge in [-0.3, -0.25) is 0 Å². The second-order valence-electron chi connectivity index (χ2n) is 5.01. The average Bonchev–Trinajstić information content (AvgIpc) is 2.46. The molecule has 0 saturated heterocycles. The Labute approximate surface area is 138 Å². The quantitative estimate of drug-likeness (QED) is 0.795. The van der Waals surface area contributed by atoms with Crippen molar-refractivity contribution in [3.8, 4) is 5.75 Å². The minimum absolute atomic E-state index is 0.0360. The van der Waals surface area contributed by atoms with Gasteiger partial charge in [0.1, 0.15) is 10.6 Å². The summed E-state index contributed by atoms with van der Waals surface area (Å²) in [5.41, 5.74) is -0.983. The van der Waals surface area contributed by atoms with Crippen molar-refractivity contribution >= 4 is 22.1 Å². The summed E-state index contributed by atoms with van der Waals surface area (Å²) in [5.74, 6) is -2.81. The zero-order valence-electron chi connectivity index (χ0n) is 12.8. The number of carboxylic acid groups (broad SMARTS) is 2. The fourth-order valence-corrected chi connectivity index (χ4v) is 3.77. The smallest absolute Gasteiger partial charge is 0.339 e. The standard InChI is InChI=1S/C16H14O7S/c1-9-12(15(17)18)8-13(16(19)20)10(2)14(9)24(21,22)23-11-6-4-3-5-7-11/h3-8H,1-2H3,(H,17,18)(H,19,20). The number of benzene rings is 2. The summed E-state index contributed by atoms with van der Waals surface area (Å²) in [6.45, 7) is 2.59. The van der Waals surface area contributed by atoms with Crippen molar-refractivity contribution in [1.29, 1.82) is 0 Å². The van der Waals surface area contributed by atoms with Crippen LogP contribution in [0, 0.1) is 13.8 Å². The van der Waals surface area contributed by atoms with E-state index in [-0.39, 0.29) is 16.9 Å². The van der Waals surface area contributed by atoms with Gasteiger partial charge in [0.2, 0.25) is 0 Å². The SMILES string of the molecule is Cc1c(C(=O)O)cc(C(=O)O)c(C)c1S(=O)(=O)Oc1ccccc1. The van der Waals surface area contributed by atoms with Crippen LogP contribution in [0.5, 0.6) is 5.75 Å². The molecule has 2 rings (SSSR count). The third-order valence-electron chi connectivity index (χ3n) is 3.44. The van der Waals surface area contributed by atoms with E-state index in [1.807, 2.05) is 0 Å². The van der Waals surface area contributed by atoms with Crippen molar-refractivity contribution in [1.82, 2.24) is 0 Å². The van der Waals surface area contributed by atoms with Crippen LogP contribution >= 0.6 is 0 Å². The van der Waals surface area contributed by atoms with Gasteiger partial charge in [0, 0.05) is 0 Å². The molecule has 2 N–H and O–H groups in total. The van der Waals surface area contributed by atoms with E-state index in [1.165, 1.54) is 26.0 Å². The van der Waals surface area contributed by atoms with E-state index < -0.39 is 38.1 Å². The number of hydrogen-bond acceptors (Lipinski definition) is 5. The van der Waals surface area contributed by atoms with Crippen LogP contribution < -0.4 is 4.18 Å². The molecule has 0 amide bonds. The van der Waals surface area contributed by atoms with Crippen LogP contribution in [0.2, 0.25) is 0 Å². The van der Waals surface area contributed by atoms with Gasteiger partial charge >= 0.3 is 22.1 Å². The first-order valence-electron chi connectivity index (χ1n) is 6.75. The molecule has 24 heavy (non-hydrogen) atoms.